The number of hydrogen-bond acceptors (Lipinski definition) is 5. The van der Waals surface area contributed by atoms with E-state index in [9.17, 15) is 9.59 Å². The molecule has 24 heavy (non-hydrogen) atoms. The number of hydrogen-bond donors (Lipinski definition) is 0. The molecule has 0 aliphatic heterocycles. The molecule has 0 aromatic heterocycles. The zero-order valence-corrected chi connectivity index (χ0v) is 14.9. The van der Waals surface area contributed by atoms with Crippen LogP contribution in [0.2, 0.25) is 0 Å². The number of methoxy groups -OCH3 is 2. The molecule has 0 atom stereocenters. The third-order valence-electron chi connectivity index (χ3n) is 3.46. The van der Waals surface area contributed by atoms with Crippen LogP contribution in [0.1, 0.15) is 37.0 Å². The lowest BCUT2D eigenvalue weighted by Gasteiger charge is -2.23. The van der Waals surface area contributed by atoms with Crippen LogP contribution in [0.15, 0.2) is 24.3 Å². The molecule has 1 amide bonds. The number of nitrogens with zero attached hydrogens (tertiary/aromatic N) is 1. The highest BCUT2D eigenvalue weighted by Gasteiger charge is 2.20. The van der Waals surface area contributed by atoms with Gasteiger partial charge in [-0.3, -0.25) is 9.59 Å². The molecule has 134 valence electrons. The smallest absolute Gasteiger partial charge is 0.307 e. The summed E-state index contributed by atoms with van der Waals surface area (Å²) in [7, 11) is 2.87. The van der Waals surface area contributed by atoms with E-state index < -0.39 is 0 Å². The molecular formula is C18H27NO5. The third kappa shape index (κ3) is 6.58. The topological polar surface area (TPSA) is 65.1 Å². The number of benzene rings is 1. The fourth-order valence-electron chi connectivity index (χ4n) is 2.21. The Morgan fingerprint density at radius 1 is 1.12 bits per heavy atom. The van der Waals surface area contributed by atoms with Gasteiger partial charge in [-0.15, -0.1) is 0 Å². The number of carbonyl (C=O) groups excluding carboxylic acids is 2. The van der Waals surface area contributed by atoms with Gasteiger partial charge in [0.2, 0.25) is 0 Å². The van der Waals surface area contributed by atoms with Crippen molar-refractivity contribution < 1.29 is 23.8 Å². The first kappa shape index (κ1) is 20.0. The van der Waals surface area contributed by atoms with Gasteiger partial charge in [0, 0.05) is 19.7 Å². The second-order valence-electron chi connectivity index (χ2n) is 5.59. The second-order valence-corrected chi connectivity index (χ2v) is 5.59. The van der Waals surface area contributed by atoms with Crippen molar-refractivity contribution in [3.8, 4) is 5.75 Å². The van der Waals surface area contributed by atoms with Gasteiger partial charge < -0.3 is 19.1 Å². The zero-order chi connectivity index (χ0) is 17.9. The van der Waals surface area contributed by atoms with Crippen molar-refractivity contribution in [3.05, 3.63) is 29.8 Å². The second kappa shape index (κ2) is 10.6. The molecule has 6 nitrogen and oxygen atoms in total. The van der Waals surface area contributed by atoms with Crippen molar-refractivity contribution in [3.63, 3.8) is 0 Å². The Bertz CT molecular complexity index is 530. The summed E-state index contributed by atoms with van der Waals surface area (Å²) in [6, 6.07) is 7.06. The molecule has 1 aromatic carbocycles. The number of para-hydroxylation sites is 1. The highest BCUT2D eigenvalue weighted by atomic mass is 16.5. The van der Waals surface area contributed by atoms with Crippen LogP contribution in [-0.2, 0) is 14.3 Å². The molecule has 0 spiro atoms. The minimum atomic E-state index is -0.341. The number of ether oxygens (including phenoxy) is 3. The first-order valence-corrected chi connectivity index (χ1v) is 8.10. The Kier molecular flexibility index (Phi) is 8.86. The number of amides is 1. The van der Waals surface area contributed by atoms with Crippen LogP contribution in [0.5, 0.6) is 5.75 Å². The Balaban J connectivity index is 2.77. The Morgan fingerprint density at radius 3 is 2.46 bits per heavy atom. The number of rotatable bonds is 10. The normalized spacial score (nSPS) is 10.5. The van der Waals surface area contributed by atoms with Gasteiger partial charge in [0.05, 0.1) is 32.3 Å². The van der Waals surface area contributed by atoms with Gasteiger partial charge in [-0.05, 0) is 32.4 Å². The van der Waals surface area contributed by atoms with E-state index in [-0.39, 0.29) is 24.4 Å². The predicted octanol–water partition coefficient (Wildman–Crippen LogP) is 2.52. The minimum absolute atomic E-state index is 0.151. The summed E-state index contributed by atoms with van der Waals surface area (Å²) in [5.74, 6) is 0.0103. The van der Waals surface area contributed by atoms with Crippen LogP contribution in [0.4, 0.5) is 0 Å². The summed E-state index contributed by atoms with van der Waals surface area (Å²) >= 11 is 0. The van der Waals surface area contributed by atoms with E-state index in [2.05, 4.69) is 4.74 Å². The summed E-state index contributed by atoms with van der Waals surface area (Å²) in [6.07, 6.45) is 1.00. The van der Waals surface area contributed by atoms with E-state index >= 15 is 0 Å². The molecule has 0 bridgehead atoms. The fourth-order valence-corrected chi connectivity index (χ4v) is 2.21. The average Bonchev–Trinajstić information content (AvgIpc) is 2.59. The Labute approximate surface area is 143 Å². The minimum Gasteiger partial charge on any atom is -0.496 e. The zero-order valence-electron chi connectivity index (χ0n) is 14.9. The van der Waals surface area contributed by atoms with Crippen LogP contribution < -0.4 is 4.74 Å². The SMILES string of the molecule is COC(=O)CCN(CCCOC(C)C)C(=O)c1ccccc1OC. The fraction of sp³-hybridized carbons (Fsp3) is 0.556. The Morgan fingerprint density at radius 2 is 1.83 bits per heavy atom. The van der Waals surface area contributed by atoms with Crippen molar-refractivity contribution in [2.45, 2.75) is 32.8 Å². The summed E-state index contributed by atoms with van der Waals surface area (Å²) in [6.45, 7) is 5.29. The van der Waals surface area contributed by atoms with Crippen LogP contribution in [0.3, 0.4) is 0 Å². The molecule has 0 saturated heterocycles. The summed E-state index contributed by atoms with van der Waals surface area (Å²) < 4.78 is 15.4. The van der Waals surface area contributed by atoms with Crippen molar-refractivity contribution in [1.29, 1.82) is 0 Å². The maximum Gasteiger partial charge on any atom is 0.307 e. The standard InChI is InChI=1S/C18H27NO5/c1-14(2)24-13-7-11-19(12-10-17(20)23-4)18(21)15-8-5-6-9-16(15)22-3/h5-6,8-9,14H,7,10-13H2,1-4H3. The lowest BCUT2D eigenvalue weighted by Crippen LogP contribution is -2.35. The van der Waals surface area contributed by atoms with Crippen LogP contribution in [0, 0.1) is 0 Å². The molecule has 0 fully saturated rings. The first-order chi connectivity index (χ1) is 11.5. The predicted molar refractivity (Wildman–Crippen MR) is 91.2 cm³/mol. The molecule has 0 N–H and O–H groups in total. The van der Waals surface area contributed by atoms with Gasteiger partial charge in [0.25, 0.3) is 5.91 Å². The maximum atomic E-state index is 12.8. The molecule has 6 heteroatoms. The van der Waals surface area contributed by atoms with E-state index in [1.165, 1.54) is 14.2 Å². The molecule has 1 rings (SSSR count). The Hall–Kier alpha value is -2.08. The van der Waals surface area contributed by atoms with Gasteiger partial charge >= 0.3 is 5.97 Å². The maximum absolute atomic E-state index is 12.8. The van der Waals surface area contributed by atoms with E-state index in [4.69, 9.17) is 9.47 Å². The summed E-state index contributed by atoms with van der Waals surface area (Å²) in [5, 5.41) is 0. The van der Waals surface area contributed by atoms with Crippen LogP contribution in [0.25, 0.3) is 0 Å². The number of carbonyl (C=O) groups is 2. The molecule has 0 unspecified atom stereocenters. The molecule has 1 aromatic rings. The highest BCUT2D eigenvalue weighted by molar-refractivity contribution is 5.97. The van der Waals surface area contributed by atoms with E-state index in [0.29, 0.717) is 37.4 Å². The lowest BCUT2D eigenvalue weighted by molar-refractivity contribution is -0.140. The lowest BCUT2D eigenvalue weighted by atomic mass is 10.1. The van der Waals surface area contributed by atoms with Crippen LogP contribution in [-0.4, -0.2) is 56.8 Å². The van der Waals surface area contributed by atoms with Crippen LogP contribution >= 0.6 is 0 Å². The van der Waals surface area contributed by atoms with Gasteiger partial charge in [0.1, 0.15) is 5.75 Å². The van der Waals surface area contributed by atoms with Crippen molar-refractivity contribution in [2.75, 3.05) is 33.9 Å². The largest absolute Gasteiger partial charge is 0.496 e. The van der Waals surface area contributed by atoms with E-state index in [1.54, 1.807) is 23.1 Å². The van der Waals surface area contributed by atoms with Crippen molar-refractivity contribution in [2.24, 2.45) is 0 Å². The summed E-state index contributed by atoms with van der Waals surface area (Å²) in [5.41, 5.74) is 0.481. The molecule has 0 heterocycles. The molecular weight excluding hydrogens is 310 g/mol. The quantitative estimate of drug-likeness (QED) is 0.485. The van der Waals surface area contributed by atoms with Gasteiger partial charge in [-0.2, -0.15) is 0 Å². The van der Waals surface area contributed by atoms with Crippen molar-refractivity contribution in [1.82, 2.24) is 4.90 Å². The molecule has 0 aliphatic rings. The molecule has 0 radical (unpaired) electrons. The third-order valence-corrected chi connectivity index (χ3v) is 3.46. The first-order valence-electron chi connectivity index (χ1n) is 8.10. The average molecular weight is 337 g/mol. The monoisotopic (exact) mass is 337 g/mol. The molecule has 0 aliphatic carbocycles. The van der Waals surface area contributed by atoms with Gasteiger partial charge in [-0.1, -0.05) is 12.1 Å². The highest BCUT2D eigenvalue weighted by Crippen LogP contribution is 2.19. The van der Waals surface area contributed by atoms with E-state index in [0.717, 1.165) is 0 Å². The number of esters is 1. The molecule has 0 saturated carbocycles. The van der Waals surface area contributed by atoms with Gasteiger partial charge in [0.15, 0.2) is 0 Å². The summed E-state index contributed by atoms with van der Waals surface area (Å²) in [4.78, 5) is 25.9. The van der Waals surface area contributed by atoms with Crippen molar-refractivity contribution >= 4 is 11.9 Å². The van der Waals surface area contributed by atoms with Gasteiger partial charge in [-0.25, -0.2) is 0 Å². The van der Waals surface area contributed by atoms with E-state index in [1.807, 2.05) is 19.9 Å².